The van der Waals surface area contributed by atoms with Crippen molar-refractivity contribution in [1.29, 1.82) is 0 Å². The smallest absolute Gasteiger partial charge is 0.371 e. The SMILES string of the molecule is CN(c1cccc(CNc2nc(Nc3ccc(N4CCC(N5CCN(Cc6cc(Br)c7c(c6)C(=O)N(C6CCC(=O)NC6=O)C7=O)CC5)CC4)cc3)ncc2C(F)(F)F)c1)S(C)(=O)=O. The zero-order chi connectivity index (χ0) is 45.5. The third-order valence-corrected chi connectivity index (χ3v) is 14.0. The molecule has 0 spiro atoms. The highest BCUT2D eigenvalue weighted by atomic mass is 79.9. The maximum absolute atomic E-state index is 13.9. The van der Waals surface area contributed by atoms with Crippen molar-refractivity contribution < 1.29 is 40.8 Å². The molecule has 64 heavy (non-hydrogen) atoms. The van der Waals surface area contributed by atoms with E-state index in [1.165, 1.54) is 7.05 Å². The van der Waals surface area contributed by atoms with Crippen LogP contribution in [0.3, 0.4) is 0 Å². The molecule has 4 aliphatic rings. The lowest BCUT2D eigenvalue weighted by Gasteiger charge is -2.43. The fourth-order valence-electron chi connectivity index (χ4n) is 8.64. The molecular weight excluding hydrogens is 922 g/mol. The number of carbonyl (C=O) groups is 4. The molecule has 1 unspecified atom stereocenters. The number of halogens is 4. The summed E-state index contributed by atoms with van der Waals surface area (Å²) in [5, 5.41) is 7.99. The number of hydrogen-bond acceptors (Lipinski definition) is 13. The highest BCUT2D eigenvalue weighted by Gasteiger charge is 2.46. The van der Waals surface area contributed by atoms with E-state index in [0.717, 1.165) is 85.0 Å². The van der Waals surface area contributed by atoms with Crippen molar-refractivity contribution in [2.75, 3.05) is 72.4 Å². The zero-order valence-corrected chi connectivity index (χ0v) is 37.4. The quantitative estimate of drug-likeness (QED) is 0.158. The maximum Gasteiger partial charge on any atom is 0.421 e. The molecule has 0 radical (unpaired) electrons. The number of hydrogen-bond donors (Lipinski definition) is 3. The number of aromatic nitrogens is 2. The summed E-state index contributed by atoms with van der Waals surface area (Å²) in [5.74, 6) is -2.58. The fraction of sp³-hybridized carbons (Fsp3) is 0.395. The Morgan fingerprint density at radius 2 is 1.62 bits per heavy atom. The van der Waals surface area contributed by atoms with E-state index in [2.05, 4.69) is 56.5 Å². The van der Waals surface area contributed by atoms with Crippen LogP contribution in [0.15, 0.2) is 71.3 Å². The van der Waals surface area contributed by atoms with Gasteiger partial charge in [0.2, 0.25) is 27.8 Å². The lowest BCUT2D eigenvalue weighted by atomic mass is 10.0. The van der Waals surface area contributed by atoms with E-state index in [9.17, 15) is 40.8 Å². The predicted molar refractivity (Wildman–Crippen MR) is 237 cm³/mol. The Balaban J connectivity index is 0.821. The summed E-state index contributed by atoms with van der Waals surface area (Å²) >= 11 is 3.50. The van der Waals surface area contributed by atoms with Gasteiger partial charge < -0.3 is 15.5 Å². The van der Waals surface area contributed by atoms with Crippen molar-refractivity contribution in [2.24, 2.45) is 0 Å². The summed E-state index contributed by atoms with van der Waals surface area (Å²) in [6, 6.07) is 17.0. The van der Waals surface area contributed by atoms with Crippen molar-refractivity contribution >= 4 is 78.4 Å². The Morgan fingerprint density at radius 1 is 0.906 bits per heavy atom. The van der Waals surface area contributed by atoms with Gasteiger partial charge in [0, 0.05) is 93.9 Å². The molecule has 16 nitrogen and oxygen atoms in total. The van der Waals surface area contributed by atoms with Crippen LogP contribution in [-0.4, -0.2) is 121 Å². The van der Waals surface area contributed by atoms with E-state index < -0.39 is 57.3 Å². The van der Waals surface area contributed by atoms with Gasteiger partial charge in [-0.15, -0.1) is 0 Å². The first-order valence-corrected chi connectivity index (χ1v) is 23.4. The minimum Gasteiger partial charge on any atom is -0.371 e. The van der Waals surface area contributed by atoms with Crippen LogP contribution in [0.5, 0.6) is 0 Å². The van der Waals surface area contributed by atoms with E-state index in [1.807, 2.05) is 30.3 Å². The molecule has 1 aromatic heterocycles. The summed E-state index contributed by atoms with van der Waals surface area (Å²) in [4.78, 5) is 67.1. The Hall–Kier alpha value is -5.64. The molecule has 338 valence electrons. The fourth-order valence-corrected chi connectivity index (χ4v) is 9.81. The van der Waals surface area contributed by atoms with Gasteiger partial charge in [-0.3, -0.25) is 43.5 Å². The number of rotatable bonds is 12. The topological polar surface area (TPSA) is 180 Å². The number of alkyl halides is 3. The summed E-state index contributed by atoms with van der Waals surface area (Å²) in [5.41, 5.74) is 2.88. The van der Waals surface area contributed by atoms with Crippen LogP contribution in [0.1, 0.15) is 63.1 Å². The van der Waals surface area contributed by atoms with Crippen LogP contribution in [0.4, 0.5) is 42.0 Å². The van der Waals surface area contributed by atoms with Crippen LogP contribution >= 0.6 is 15.9 Å². The number of piperidine rings is 2. The van der Waals surface area contributed by atoms with E-state index in [0.29, 0.717) is 34.0 Å². The number of amides is 4. The average molecular weight is 968 g/mol. The van der Waals surface area contributed by atoms with Gasteiger partial charge in [-0.25, -0.2) is 13.4 Å². The molecule has 4 aromatic rings. The lowest BCUT2D eigenvalue weighted by molar-refractivity contribution is -0.138. The number of anilines is 5. The van der Waals surface area contributed by atoms with E-state index >= 15 is 0 Å². The normalized spacial score (nSPS) is 19.2. The molecule has 8 rings (SSSR count). The summed E-state index contributed by atoms with van der Waals surface area (Å²) in [6.07, 6.45) is -0.816. The van der Waals surface area contributed by atoms with E-state index in [1.54, 1.807) is 30.3 Å². The molecule has 3 N–H and O–H groups in total. The predicted octanol–water partition coefficient (Wildman–Crippen LogP) is 5.20. The third kappa shape index (κ3) is 9.71. The average Bonchev–Trinajstić information content (AvgIpc) is 3.51. The van der Waals surface area contributed by atoms with Gasteiger partial charge in [0.05, 0.1) is 23.1 Å². The van der Waals surface area contributed by atoms with Gasteiger partial charge >= 0.3 is 6.18 Å². The Kier molecular flexibility index (Phi) is 12.7. The summed E-state index contributed by atoms with van der Waals surface area (Å²) < 4.78 is 67.4. The second-order valence-electron chi connectivity index (χ2n) is 16.4. The highest BCUT2D eigenvalue weighted by molar-refractivity contribution is 9.10. The van der Waals surface area contributed by atoms with Crippen molar-refractivity contribution in [3.05, 3.63) is 99.2 Å². The highest BCUT2D eigenvalue weighted by Crippen LogP contribution is 2.36. The van der Waals surface area contributed by atoms with Gasteiger partial charge in [-0.1, -0.05) is 12.1 Å². The maximum atomic E-state index is 13.9. The number of piperazine rings is 1. The van der Waals surface area contributed by atoms with Crippen LogP contribution in [-0.2, 0) is 38.9 Å². The molecule has 4 aliphatic heterocycles. The zero-order valence-electron chi connectivity index (χ0n) is 35.0. The van der Waals surface area contributed by atoms with Gasteiger partial charge in [-0.05, 0) is 94.9 Å². The minimum atomic E-state index is -4.72. The molecule has 3 fully saturated rings. The second-order valence-corrected chi connectivity index (χ2v) is 19.2. The van der Waals surface area contributed by atoms with Crippen LogP contribution in [0, 0.1) is 0 Å². The molecule has 1 atom stereocenters. The number of nitrogens with one attached hydrogen (secondary N) is 3. The molecule has 3 saturated heterocycles. The first-order valence-electron chi connectivity index (χ1n) is 20.8. The Labute approximate surface area is 376 Å². The number of fused-ring (bicyclic) bond motifs is 1. The number of sulfonamides is 1. The molecule has 5 heterocycles. The summed E-state index contributed by atoms with van der Waals surface area (Å²) in [6.45, 7) is 5.69. The number of benzene rings is 3. The van der Waals surface area contributed by atoms with Crippen LogP contribution in [0.2, 0.25) is 0 Å². The molecule has 3 aromatic carbocycles. The van der Waals surface area contributed by atoms with Gasteiger partial charge in [-0.2, -0.15) is 18.2 Å². The standard InChI is InChI=1S/C43H46BrF3N10O6S/c1-53(64(2,62)63)31-5-3-4-26(20-31)23-48-38-33(43(45,46)47)24-49-42(52-38)50-28-6-8-29(9-7-28)55-14-12-30(13-15-55)56-18-16-54(17-19-56)25-27-21-32-37(34(44)22-27)41(61)57(40(32)60)35-10-11-36(58)51-39(35)59/h3-9,20-22,24,30,35H,10-19,23,25H2,1-2H3,(H,51,58,59)(H2,48,49,50,52). The van der Waals surface area contributed by atoms with Crippen molar-refractivity contribution in [3.63, 3.8) is 0 Å². The molecular formula is C43H46BrF3N10O6S. The summed E-state index contributed by atoms with van der Waals surface area (Å²) in [7, 11) is -2.13. The number of imide groups is 2. The molecule has 0 bridgehead atoms. The largest absolute Gasteiger partial charge is 0.421 e. The van der Waals surface area contributed by atoms with Crippen molar-refractivity contribution in [2.45, 2.75) is 57.0 Å². The minimum absolute atomic E-state index is 0.0279. The van der Waals surface area contributed by atoms with E-state index in [4.69, 9.17) is 0 Å². The Morgan fingerprint density at radius 3 is 2.30 bits per heavy atom. The van der Waals surface area contributed by atoms with Crippen LogP contribution < -0.4 is 25.2 Å². The van der Waals surface area contributed by atoms with Gasteiger partial charge in [0.1, 0.15) is 17.4 Å². The van der Waals surface area contributed by atoms with Crippen molar-refractivity contribution in [1.82, 2.24) is 30.0 Å². The third-order valence-electron chi connectivity index (χ3n) is 12.2. The molecule has 4 amide bonds. The van der Waals surface area contributed by atoms with E-state index in [-0.39, 0.29) is 36.5 Å². The monoisotopic (exact) mass is 966 g/mol. The van der Waals surface area contributed by atoms with Crippen molar-refractivity contribution in [3.8, 4) is 0 Å². The Bertz CT molecular complexity index is 2590. The number of nitrogens with zero attached hydrogens (tertiary/aromatic N) is 7. The number of carbonyl (C=O) groups excluding carboxylic acids is 4. The second kappa shape index (κ2) is 18.1. The first-order chi connectivity index (χ1) is 30.4. The first kappa shape index (κ1) is 44.9. The lowest BCUT2D eigenvalue weighted by Crippen LogP contribution is -2.54. The van der Waals surface area contributed by atoms with Gasteiger partial charge in [0.15, 0.2) is 0 Å². The molecule has 0 aliphatic carbocycles. The van der Waals surface area contributed by atoms with Gasteiger partial charge in [0.25, 0.3) is 11.8 Å². The van der Waals surface area contributed by atoms with Crippen LogP contribution in [0.25, 0.3) is 0 Å². The molecule has 21 heteroatoms. The molecule has 0 saturated carbocycles.